The highest BCUT2D eigenvalue weighted by Crippen LogP contribution is 2.32. The number of nitrogens with zero attached hydrogens (tertiary/aromatic N) is 2. The van der Waals surface area contributed by atoms with E-state index >= 15 is 0 Å². The fourth-order valence-corrected chi connectivity index (χ4v) is 1.91. The van der Waals surface area contributed by atoms with E-state index in [0.29, 0.717) is 5.75 Å². The summed E-state index contributed by atoms with van der Waals surface area (Å²) < 4.78 is 6.51. The standard InChI is InChI=1S/C13H11BrN2O3/c1-8-6-10(7-9(2)12(8)14)19-13-11(16(17)18)4-3-5-15-13/h3-7H,1-2H3. The van der Waals surface area contributed by atoms with Crippen molar-refractivity contribution in [3.8, 4) is 11.6 Å². The number of hydrogen-bond acceptors (Lipinski definition) is 4. The Labute approximate surface area is 118 Å². The van der Waals surface area contributed by atoms with E-state index in [1.807, 2.05) is 13.8 Å². The van der Waals surface area contributed by atoms with Crippen LogP contribution in [0.2, 0.25) is 0 Å². The maximum Gasteiger partial charge on any atom is 0.331 e. The molecule has 0 aliphatic carbocycles. The fourth-order valence-electron chi connectivity index (χ4n) is 1.68. The van der Waals surface area contributed by atoms with Crippen LogP contribution in [0.3, 0.4) is 0 Å². The number of aromatic nitrogens is 1. The lowest BCUT2D eigenvalue weighted by atomic mass is 10.1. The Balaban J connectivity index is 2.39. The molecular weight excluding hydrogens is 312 g/mol. The van der Waals surface area contributed by atoms with Gasteiger partial charge in [-0.25, -0.2) is 4.98 Å². The van der Waals surface area contributed by atoms with E-state index in [1.54, 1.807) is 12.1 Å². The van der Waals surface area contributed by atoms with Crippen LogP contribution in [0.5, 0.6) is 11.6 Å². The summed E-state index contributed by atoms with van der Waals surface area (Å²) in [6.07, 6.45) is 1.46. The molecule has 0 spiro atoms. The molecule has 0 amide bonds. The summed E-state index contributed by atoms with van der Waals surface area (Å²) in [5.41, 5.74) is 1.84. The Kier molecular flexibility index (Phi) is 3.80. The number of halogens is 1. The predicted molar refractivity (Wildman–Crippen MR) is 74.6 cm³/mol. The number of pyridine rings is 1. The highest BCUT2D eigenvalue weighted by Gasteiger charge is 2.16. The largest absolute Gasteiger partial charge is 0.434 e. The van der Waals surface area contributed by atoms with E-state index in [2.05, 4.69) is 20.9 Å². The van der Waals surface area contributed by atoms with E-state index in [1.165, 1.54) is 18.3 Å². The Morgan fingerprint density at radius 2 is 1.95 bits per heavy atom. The van der Waals surface area contributed by atoms with Gasteiger partial charge in [0, 0.05) is 16.7 Å². The molecule has 0 aliphatic rings. The van der Waals surface area contributed by atoms with Crippen molar-refractivity contribution in [1.82, 2.24) is 4.98 Å². The SMILES string of the molecule is Cc1cc(Oc2ncccc2[N+](=O)[O-])cc(C)c1Br. The highest BCUT2D eigenvalue weighted by atomic mass is 79.9. The molecule has 98 valence electrons. The van der Waals surface area contributed by atoms with Crippen LogP contribution in [0.1, 0.15) is 11.1 Å². The summed E-state index contributed by atoms with van der Waals surface area (Å²) in [6.45, 7) is 3.85. The van der Waals surface area contributed by atoms with Crippen molar-refractivity contribution in [2.45, 2.75) is 13.8 Å². The number of rotatable bonds is 3. The van der Waals surface area contributed by atoms with E-state index in [9.17, 15) is 10.1 Å². The van der Waals surface area contributed by atoms with Crippen LogP contribution in [0.15, 0.2) is 34.9 Å². The zero-order chi connectivity index (χ0) is 14.0. The molecule has 0 N–H and O–H groups in total. The van der Waals surface area contributed by atoms with Crippen LogP contribution in [-0.4, -0.2) is 9.91 Å². The first-order valence-electron chi connectivity index (χ1n) is 5.53. The maximum absolute atomic E-state index is 10.9. The first-order valence-corrected chi connectivity index (χ1v) is 6.32. The highest BCUT2D eigenvalue weighted by molar-refractivity contribution is 9.10. The van der Waals surface area contributed by atoms with Gasteiger partial charge in [-0.15, -0.1) is 0 Å². The van der Waals surface area contributed by atoms with Crippen molar-refractivity contribution in [1.29, 1.82) is 0 Å². The van der Waals surface area contributed by atoms with E-state index in [0.717, 1.165) is 15.6 Å². The summed E-state index contributed by atoms with van der Waals surface area (Å²) >= 11 is 3.46. The summed E-state index contributed by atoms with van der Waals surface area (Å²) in [5, 5.41) is 10.9. The summed E-state index contributed by atoms with van der Waals surface area (Å²) in [4.78, 5) is 14.3. The molecule has 0 bridgehead atoms. The molecule has 0 unspecified atom stereocenters. The van der Waals surface area contributed by atoms with Gasteiger partial charge in [-0.1, -0.05) is 15.9 Å². The van der Waals surface area contributed by atoms with Crippen LogP contribution in [0.4, 0.5) is 5.69 Å². The lowest BCUT2D eigenvalue weighted by molar-refractivity contribution is -0.386. The minimum absolute atomic E-state index is 0.00591. The minimum Gasteiger partial charge on any atom is -0.434 e. The first-order chi connectivity index (χ1) is 8.99. The minimum atomic E-state index is -0.513. The molecule has 1 heterocycles. The number of hydrogen-bond donors (Lipinski definition) is 0. The smallest absolute Gasteiger partial charge is 0.331 e. The molecule has 0 radical (unpaired) electrons. The Morgan fingerprint density at radius 1 is 1.32 bits per heavy atom. The lowest BCUT2D eigenvalue weighted by Gasteiger charge is -2.09. The normalized spacial score (nSPS) is 10.3. The molecule has 5 nitrogen and oxygen atoms in total. The fraction of sp³-hybridized carbons (Fsp3) is 0.154. The van der Waals surface area contributed by atoms with Crippen molar-refractivity contribution in [2.75, 3.05) is 0 Å². The second kappa shape index (κ2) is 5.36. The summed E-state index contributed by atoms with van der Waals surface area (Å²) in [7, 11) is 0. The topological polar surface area (TPSA) is 65.3 Å². The number of benzene rings is 1. The van der Waals surface area contributed by atoms with Crippen LogP contribution >= 0.6 is 15.9 Å². The molecule has 2 aromatic rings. The lowest BCUT2D eigenvalue weighted by Crippen LogP contribution is -1.96. The first kappa shape index (κ1) is 13.5. The molecule has 0 saturated heterocycles. The molecule has 2 rings (SSSR count). The van der Waals surface area contributed by atoms with Gasteiger partial charge in [0.25, 0.3) is 5.88 Å². The molecular formula is C13H11BrN2O3. The van der Waals surface area contributed by atoms with Crippen LogP contribution in [0.25, 0.3) is 0 Å². The zero-order valence-electron chi connectivity index (χ0n) is 10.4. The monoisotopic (exact) mass is 322 g/mol. The molecule has 0 atom stereocenters. The molecule has 1 aromatic carbocycles. The number of ether oxygens (including phenoxy) is 1. The maximum atomic E-state index is 10.9. The van der Waals surface area contributed by atoms with Crippen molar-refractivity contribution >= 4 is 21.6 Å². The van der Waals surface area contributed by atoms with Crippen molar-refractivity contribution in [3.63, 3.8) is 0 Å². The van der Waals surface area contributed by atoms with Crippen LogP contribution in [-0.2, 0) is 0 Å². The molecule has 0 saturated carbocycles. The average molecular weight is 323 g/mol. The van der Waals surface area contributed by atoms with Crippen molar-refractivity contribution in [3.05, 3.63) is 56.2 Å². The van der Waals surface area contributed by atoms with Crippen LogP contribution < -0.4 is 4.74 Å². The zero-order valence-corrected chi connectivity index (χ0v) is 12.0. The Morgan fingerprint density at radius 3 is 2.53 bits per heavy atom. The van der Waals surface area contributed by atoms with Gasteiger partial charge in [-0.05, 0) is 43.2 Å². The third-order valence-electron chi connectivity index (χ3n) is 2.57. The molecule has 0 fully saturated rings. The molecule has 6 heteroatoms. The summed E-state index contributed by atoms with van der Waals surface area (Å²) in [5.74, 6) is 0.522. The predicted octanol–water partition coefficient (Wildman–Crippen LogP) is 4.16. The van der Waals surface area contributed by atoms with Gasteiger partial charge in [0.05, 0.1) is 4.92 Å². The van der Waals surface area contributed by atoms with Gasteiger partial charge >= 0.3 is 5.69 Å². The van der Waals surface area contributed by atoms with Gasteiger partial charge in [-0.3, -0.25) is 10.1 Å². The molecule has 19 heavy (non-hydrogen) atoms. The Hall–Kier alpha value is -1.95. The number of aryl methyl sites for hydroxylation is 2. The second-order valence-corrected chi connectivity index (χ2v) is 4.85. The summed E-state index contributed by atoms with van der Waals surface area (Å²) in [6, 6.07) is 6.47. The van der Waals surface area contributed by atoms with E-state index in [4.69, 9.17) is 4.74 Å². The second-order valence-electron chi connectivity index (χ2n) is 4.06. The van der Waals surface area contributed by atoms with Crippen LogP contribution in [0, 0.1) is 24.0 Å². The third kappa shape index (κ3) is 2.90. The van der Waals surface area contributed by atoms with Gasteiger partial charge in [0.15, 0.2) is 0 Å². The van der Waals surface area contributed by atoms with Gasteiger partial charge < -0.3 is 4.74 Å². The van der Waals surface area contributed by atoms with Crippen molar-refractivity contribution < 1.29 is 9.66 Å². The third-order valence-corrected chi connectivity index (χ3v) is 3.82. The van der Waals surface area contributed by atoms with Gasteiger partial charge in [0.2, 0.25) is 0 Å². The van der Waals surface area contributed by atoms with E-state index in [-0.39, 0.29) is 11.6 Å². The van der Waals surface area contributed by atoms with E-state index < -0.39 is 4.92 Å². The van der Waals surface area contributed by atoms with Gasteiger partial charge in [0.1, 0.15) is 5.75 Å². The van der Waals surface area contributed by atoms with Crippen molar-refractivity contribution in [2.24, 2.45) is 0 Å². The number of nitro groups is 1. The average Bonchev–Trinajstić information content (AvgIpc) is 2.36. The molecule has 0 aliphatic heterocycles. The molecule has 1 aromatic heterocycles. The quantitative estimate of drug-likeness (QED) is 0.628. The van der Waals surface area contributed by atoms with Gasteiger partial charge in [-0.2, -0.15) is 0 Å². The Bertz CT molecular complexity index is 621.